The van der Waals surface area contributed by atoms with Gasteiger partial charge in [0, 0.05) is 21.2 Å². The second kappa shape index (κ2) is 8.14. The van der Waals surface area contributed by atoms with Crippen molar-refractivity contribution in [1.82, 2.24) is 14.9 Å². The molecule has 0 saturated carbocycles. The SMILES string of the molecule is CSc1ccc(OCc2nnc3n2N=C(c2ccc(Cl)cc2Cl)CS3)cc1. The Labute approximate surface area is 175 Å². The molecular weight excluding hydrogens is 423 g/mol. The highest BCUT2D eigenvalue weighted by Gasteiger charge is 2.21. The zero-order valence-electron chi connectivity index (χ0n) is 14.2. The number of hydrogen-bond acceptors (Lipinski definition) is 6. The van der Waals surface area contributed by atoms with Crippen molar-refractivity contribution in [2.24, 2.45) is 5.10 Å². The van der Waals surface area contributed by atoms with Crippen molar-refractivity contribution in [3.63, 3.8) is 0 Å². The Morgan fingerprint density at radius 3 is 2.70 bits per heavy atom. The van der Waals surface area contributed by atoms with Crippen molar-refractivity contribution in [3.05, 3.63) is 63.9 Å². The molecule has 0 spiro atoms. The van der Waals surface area contributed by atoms with Crippen molar-refractivity contribution in [2.45, 2.75) is 16.7 Å². The van der Waals surface area contributed by atoms with Crippen LogP contribution in [0.2, 0.25) is 10.0 Å². The van der Waals surface area contributed by atoms with Gasteiger partial charge in [0.1, 0.15) is 12.4 Å². The summed E-state index contributed by atoms with van der Waals surface area (Å²) in [6, 6.07) is 13.3. The second-order valence-corrected chi connectivity index (χ2v) is 8.30. The van der Waals surface area contributed by atoms with E-state index >= 15 is 0 Å². The van der Waals surface area contributed by atoms with Crippen molar-refractivity contribution < 1.29 is 4.74 Å². The molecular formula is C18H14Cl2N4OS2. The Balaban J connectivity index is 1.56. The van der Waals surface area contributed by atoms with Gasteiger partial charge in [-0.05, 0) is 42.7 Å². The van der Waals surface area contributed by atoms with Gasteiger partial charge in [0.05, 0.1) is 10.7 Å². The Morgan fingerprint density at radius 2 is 1.96 bits per heavy atom. The Kier molecular flexibility index (Phi) is 5.63. The van der Waals surface area contributed by atoms with Gasteiger partial charge in [-0.25, -0.2) is 0 Å². The van der Waals surface area contributed by atoms with Crippen LogP contribution in [-0.2, 0) is 6.61 Å². The number of halogens is 2. The van der Waals surface area contributed by atoms with Gasteiger partial charge < -0.3 is 4.74 Å². The minimum absolute atomic E-state index is 0.275. The van der Waals surface area contributed by atoms with Crippen LogP contribution >= 0.6 is 46.7 Å². The van der Waals surface area contributed by atoms with Crippen molar-refractivity contribution in [2.75, 3.05) is 12.0 Å². The van der Waals surface area contributed by atoms with E-state index < -0.39 is 0 Å². The number of ether oxygens (including phenoxy) is 1. The van der Waals surface area contributed by atoms with Gasteiger partial charge in [-0.3, -0.25) is 0 Å². The first-order valence-corrected chi connectivity index (χ1v) is 11.0. The normalized spacial score (nSPS) is 13.2. The molecule has 5 nitrogen and oxygen atoms in total. The Hall–Kier alpha value is -1.67. The lowest BCUT2D eigenvalue weighted by atomic mass is 10.1. The molecule has 0 saturated heterocycles. The molecule has 1 aliphatic rings. The highest BCUT2D eigenvalue weighted by molar-refractivity contribution is 7.99. The molecule has 4 rings (SSSR count). The summed E-state index contributed by atoms with van der Waals surface area (Å²) >= 11 is 15.6. The van der Waals surface area contributed by atoms with Crippen LogP contribution in [0.1, 0.15) is 11.4 Å². The molecule has 138 valence electrons. The van der Waals surface area contributed by atoms with E-state index in [0.29, 0.717) is 21.6 Å². The topological polar surface area (TPSA) is 52.3 Å². The lowest BCUT2D eigenvalue weighted by molar-refractivity contribution is 0.289. The lowest BCUT2D eigenvalue weighted by Gasteiger charge is -2.15. The fraction of sp³-hybridized carbons (Fsp3) is 0.167. The molecule has 2 heterocycles. The summed E-state index contributed by atoms with van der Waals surface area (Å²) < 4.78 is 7.55. The number of aromatic nitrogens is 3. The van der Waals surface area contributed by atoms with Crippen molar-refractivity contribution in [1.29, 1.82) is 0 Å². The molecule has 0 N–H and O–H groups in total. The average molecular weight is 437 g/mol. The molecule has 0 atom stereocenters. The fourth-order valence-corrected chi connectivity index (χ4v) is 4.31. The molecule has 0 fully saturated rings. The summed E-state index contributed by atoms with van der Waals surface area (Å²) in [4.78, 5) is 1.19. The Morgan fingerprint density at radius 1 is 1.15 bits per heavy atom. The minimum atomic E-state index is 0.275. The van der Waals surface area contributed by atoms with Gasteiger partial charge in [0.2, 0.25) is 5.16 Å². The van der Waals surface area contributed by atoms with Crippen molar-refractivity contribution >= 4 is 52.4 Å². The van der Waals surface area contributed by atoms with Crippen molar-refractivity contribution in [3.8, 4) is 5.75 Å². The molecule has 27 heavy (non-hydrogen) atoms. The first-order valence-electron chi connectivity index (χ1n) is 8.01. The van der Waals surface area contributed by atoms with Crippen LogP contribution in [0.4, 0.5) is 0 Å². The van der Waals surface area contributed by atoms with E-state index in [-0.39, 0.29) is 6.61 Å². The van der Waals surface area contributed by atoms with E-state index in [9.17, 15) is 0 Å². The highest BCUT2D eigenvalue weighted by atomic mass is 35.5. The first kappa shape index (κ1) is 18.7. The van der Waals surface area contributed by atoms with E-state index in [1.807, 2.05) is 36.6 Å². The van der Waals surface area contributed by atoms with Crippen LogP contribution in [0.25, 0.3) is 0 Å². The van der Waals surface area contributed by atoms with Gasteiger partial charge in [-0.2, -0.15) is 9.78 Å². The third-order valence-electron chi connectivity index (χ3n) is 3.90. The Bertz CT molecular complexity index is 1010. The van der Waals surface area contributed by atoms with Gasteiger partial charge >= 0.3 is 0 Å². The second-order valence-electron chi connectivity index (χ2n) is 5.63. The third kappa shape index (κ3) is 4.11. The van der Waals surface area contributed by atoms with Gasteiger partial charge in [0.25, 0.3) is 0 Å². The average Bonchev–Trinajstić information content (AvgIpc) is 3.09. The number of benzene rings is 2. The quantitative estimate of drug-likeness (QED) is 0.511. The summed E-state index contributed by atoms with van der Waals surface area (Å²) in [5, 5.41) is 15.0. The van der Waals surface area contributed by atoms with E-state index in [2.05, 4.69) is 15.3 Å². The van der Waals surface area contributed by atoms with E-state index in [1.165, 1.54) is 4.90 Å². The predicted molar refractivity (Wildman–Crippen MR) is 112 cm³/mol. The van der Waals surface area contributed by atoms with E-state index in [1.54, 1.807) is 40.3 Å². The molecule has 9 heteroatoms. The van der Waals surface area contributed by atoms with Crippen LogP contribution in [-0.4, -0.2) is 32.6 Å². The van der Waals surface area contributed by atoms with Gasteiger partial charge in [0.15, 0.2) is 5.82 Å². The molecule has 0 unspecified atom stereocenters. The smallest absolute Gasteiger partial charge is 0.212 e. The number of hydrogen-bond donors (Lipinski definition) is 0. The number of fused-ring (bicyclic) bond motifs is 1. The molecule has 1 aliphatic heterocycles. The fourth-order valence-electron chi connectivity index (χ4n) is 2.53. The molecule has 0 bridgehead atoms. The summed E-state index contributed by atoms with van der Waals surface area (Å²) in [6.45, 7) is 0.275. The van der Waals surface area contributed by atoms with Crippen LogP contribution in [0.15, 0.2) is 57.6 Å². The number of rotatable bonds is 5. The molecule has 2 aromatic carbocycles. The summed E-state index contributed by atoms with van der Waals surface area (Å²) in [5.41, 5.74) is 1.70. The van der Waals surface area contributed by atoms with Gasteiger partial charge in [-0.1, -0.05) is 41.0 Å². The monoisotopic (exact) mass is 436 g/mol. The molecule has 0 amide bonds. The lowest BCUT2D eigenvalue weighted by Crippen LogP contribution is -2.15. The maximum atomic E-state index is 6.33. The maximum absolute atomic E-state index is 6.33. The van der Waals surface area contributed by atoms with Crippen LogP contribution < -0.4 is 4.74 Å². The predicted octanol–water partition coefficient (Wildman–Crippen LogP) is 5.24. The maximum Gasteiger partial charge on any atom is 0.212 e. The van der Waals surface area contributed by atoms with E-state index in [4.69, 9.17) is 27.9 Å². The molecule has 0 aliphatic carbocycles. The number of thioether (sulfide) groups is 2. The largest absolute Gasteiger partial charge is 0.486 e. The highest BCUT2D eigenvalue weighted by Crippen LogP contribution is 2.28. The molecule has 1 aromatic heterocycles. The summed E-state index contributed by atoms with van der Waals surface area (Å²) in [6.07, 6.45) is 2.04. The number of nitrogens with zero attached hydrogens (tertiary/aromatic N) is 4. The molecule has 0 radical (unpaired) electrons. The van der Waals surface area contributed by atoms with Crippen LogP contribution in [0.5, 0.6) is 5.75 Å². The first-order chi connectivity index (χ1) is 13.1. The summed E-state index contributed by atoms with van der Waals surface area (Å²) in [7, 11) is 0. The zero-order chi connectivity index (χ0) is 18.8. The standard InChI is InChI=1S/C18H14Cl2N4OS2/c1-26-13-5-3-12(4-6-13)25-9-17-21-22-18-24(17)23-16(10-27-18)14-7-2-11(19)8-15(14)20/h2-8H,9-10H2,1H3. The van der Waals surface area contributed by atoms with Crippen LogP contribution in [0.3, 0.4) is 0 Å². The van der Waals surface area contributed by atoms with E-state index in [0.717, 1.165) is 22.2 Å². The molecule has 3 aromatic rings. The van der Waals surface area contributed by atoms with Gasteiger partial charge in [-0.15, -0.1) is 22.0 Å². The third-order valence-corrected chi connectivity index (χ3v) is 6.13. The van der Waals surface area contributed by atoms with Crippen LogP contribution in [0, 0.1) is 0 Å². The zero-order valence-corrected chi connectivity index (χ0v) is 17.4. The summed E-state index contributed by atoms with van der Waals surface area (Å²) in [5.74, 6) is 2.07. The minimum Gasteiger partial charge on any atom is -0.486 e.